The Labute approximate surface area is 167 Å². The van der Waals surface area contributed by atoms with E-state index in [1.165, 1.54) is 18.7 Å². The van der Waals surface area contributed by atoms with Crippen LogP contribution in [0.15, 0.2) is 46.2 Å². The van der Waals surface area contributed by atoms with Gasteiger partial charge < -0.3 is 14.3 Å². The fraction of sp³-hybridized carbons (Fsp3) is 0.300. The van der Waals surface area contributed by atoms with Crippen molar-refractivity contribution >= 4 is 29.1 Å². The summed E-state index contributed by atoms with van der Waals surface area (Å²) in [4.78, 5) is 24.4. The van der Waals surface area contributed by atoms with Gasteiger partial charge in [0.2, 0.25) is 5.91 Å². The van der Waals surface area contributed by atoms with E-state index in [1.807, 2.05) is 24.5 Å². The van der Waals surface area contributed by atoms with Crippen molar-refractivity contribution in [3.8, 4) is 11.4 Å². The Balaban J connectivity index is 1.77. The summed E-state index contributed by atoms with van der Waals surface area (Å²) in [5.41, 5.74) is 1.88. The van der Waals surface area contributed by atoms with Gasteiger partial charge in [-0.05, 0) is 45.9 Å². The van der Waals surface area contributed by atoms with E-state index < -0.39 is 5.25 Å². The van der Waals surface area contributed by atoms with Gasteiger partial charge in [0, 0.05) is 12.1 Å². The van der Waals surface area contributed by atoms with Crippen LogP contribution < -0.4 is 5.32 Å². The predicted octanol–water partition coefficient (Wildman–Crippen LogP) is 4.19. The molecule has 0 saturated carbocycles. The Morgan fingerprint density at radius 1 is 1.25 bits per heavy atom. The molecule has 0 aliphatic heterocycles. The summed E-state index contributed by atoms with van der Waals surface area (Å²) < 4.78 is 7.32. The lowest BCUT2D eigenvalue weighted by molar-refractivity contribution is -0.115. The number of aromatic nitrogens is 3. The first-order valence-corrected chi connectivity index (χ1v) is 9.85. The minimum Gasteiger partial charge on any atom is -0.469 e. The lowest BCUT2D eigenvalue weighted by Gasteiger charge is -2.14. The van der Waals surface area contributed by atoms with E-state index in [0.717, 1.165) is 11.3 Å². The molecule has 0 fully saturated rings. The molecule has 1 N–H and O–H groups in total. The van der Waals surface area contributed by atoms with Gasteiger partial charge in [0.15, 0.2) is 16.8 Å². The third kappa shape index (κ3) is 4.01. The molecule has 0 spiro atoms. The molecule has 146 valence electrons. The number of nitrogens with zero attached hydrogens (tertiary/aromatic N) is 3. The molecular formula is C20H22N4O3S. The van der Waals surface area contributed by atoms with E-state index in [0.29, 0.717) is 28.8 Å². The van der Waals surface area contributed by atoms with Crippen LogP contribution in [-0.2, 0) is 11.3 Å². The molecule has 2 heterocycles. The number of rotatable bonds is 7. The number of thioether (sulfide) groups is 1. The van der Waals surface area contributed by atoms with Gasteiger partial charge in [-0.3, -0.25) is 9.59 Å². The minimum atomic E-state index is -0.423. The van der Waals surface area contributed by atoms with Crippen LogP contribution in [-0.4, -0.2) is 31.7 Å². The number of carbonyl (C=O) groups excluding carboxylic acids is 2. The average molecular weight is 398 g/mol. The Morgan fingerprint density at radius 3 is 2.64 bits per heavy atom. The van der Waals surface area contributed by atoms with E-state index in [1.54, 1.807) is 37.5 Å². The van der Waals surface area contributed by atoms with Crippen molar-refractivity contribution in [3.05, 3.63) is 47.9 Å². The van der Waals surface area contributed by atoms with Crippen LogP contribution in [0.1, 0.15) is 36.9 Å². The van der Waals surface area contributed by atoms with Crippen molar-refractivity contribution < 1.29 is 14.0 Å². The zero-order chi connectivity index (χ0) is 20.3. The van der Waals surface area contributed by atoms with Gasteiger partial charge in [-0.2, -0.15) is 0 Å². The molecule has 1 amide bonds. The third-order valence-electron chi connectivity index (χ3n) is 4.35. The normalized spacial score (nSPS) is 12.0. The van der Waals surface area contributed by atoms with Crippen LogP contribution in [0.2, 0.25) is 0 Å². The smallest absolute Gasteiger partial charge is 0.237 e. The number of ketones is 1. The summed E-state index contributed by atoms with van der Waals surface area (Å²) in [6.45, 7) is 7.82. The maximum atomic E-state index is 12.7. The number of benzene rings is 1. The van der Waals surface area contributed by atoms with Gasteiger partial charge in [-0.15, -0.1) is 10.2 Å². The van der Waals surface area contributed by atoms with Crippen molar-refractivity contribution in [3.63, 3.8) is 0 Å². The summed E-state index contributed by atoms with van der Waals surface area (Å²) in [5, 5.41) is 11.6. The fourth-order valence-electron chi connectivity index (χ4n) is 2.82. The molecule has 2 aromatic heterocycles. The van der Waals surface area contributed by atoms with Gasteiger partial charge in [0.1, 0.15) is 5.76 Å². The molecule has 3 aromatic rings. The van der Waals surface area contributed by atoms with E-state index >= 15 is 0 Å². The van der Waals surface area contributed by atoms with Gasteiger partial charge in [0.25, 0.3) is 0 Å². The lowest BCUT2D eigenvalue weighted by atomic mass is 10.1. The van der Waals surface area contributed by atoms with Crippen LogP contribution >= 0.6 is 11.8 Å². The number of amides is 1. The van der Waals surface area contributed by atoms with Crippen molar-refractivity contribution in [1.29, 1.82) is 0 Å². The van der Waals surface area contributed by atoms with Gasteiger partial charge in [-0.25, -0.2) is 0 Å². The zero-order valence-electron chi connectivity index (χ0n) is 16.2. The number of anilines is 1. The number of Topliss-reactive ketones (excluding diaryl/α,β-unsaturated/α-hetero) is 1. The molecule has 28 heavy (non-hydrogen) atoms. The topological polar surface area (TPSA) is 90.0 Å². The SMILES string of the molecule is CCn1c(S[C@H](C)C(=O)Nc2ccccc2C(C)=O)nnc1-c1ccoc1C. The van der Waals surface area contributed by atoms with Crippen LogP contribution in [0.4, 0.5) is 5.69 Å². The molecule has 0 aliphatic carbocycles. The molecule has 8 heteroatoms. The number of para-hydroxylation sites is 1. The number of aryl methyl sites for hydroxylation is 1. The molecule has 1 atom stereocenters. The lowest BCUT2D eigenvalue weighted by Crippen LogP contribution is -2.24. The Kier molecular flexibility index (Phi) is 5.99. The molecule has 0 bridgehead atoms. The first-order valence-electron chi connectivity index (χ1n) is 8.97. The van der Waals surface area contributed by atoms with E-state index in [4.69, 9.17) is 4.42 Å². The summed E-state index contributed by atoms with van der Waals surface area (Å²) in [6, 6.07) is 8.83. The summed E-state index contributed by atoms with van der Waals surface area (Å²) >= 11 is 1.32. The molecule has 0 aliphatic rings. The quantitative estimate of drug-likeness (QED) is 0.474. The summed E-state index contributed by atoms with van der Waals surface area (Å²) in [5.74, 6) is 1.18. The van der Waals surface area contributed by atoms with E-state index in [-0.39, 0.29) is 11.7 Å². The second-order valence-electron chi connectivity index (χ2n) is 6.29. The molecule has 1 aromatic carbocycles. The summed E-state index contributed by atoms with van der Waals surface area (Å²) in [7, 11) is 0. The second-order valence-corrected chi connectivity index (χ2v) is 7.60. The van der Waals surface area contributed by atoms with Crippen molar-refractivity contribution in [2.75, 3.05) is 5.32 Å². The Bertz CT molecular complexity index is 1010. The van der Waals surface area contributed by atoms with Crippen LogP contribution in [0.5, 0.6) is 0 Å². The van der Waals surface area contributed by atoms with Gasteiger partial charge in [0.05, 0.1) is 22.8 Å². The van der Waals surface area contributed by atoms with E-state index in [2.05, 4.69) is 15.5 Å². The number of nitrogens with one attached hydrogen (secondary N) is 1. The number of hydrogen-bond donors (Lipinski definition) is 1. The molecule has 0 unspecified atom stereocenters. The van der Waals surface area contributed by atoms with Gasteiger partial charge >= 0.3 is 0 Å². The minimum absolute atomic E-state index is 0.0953. The predicted molar refractivity (Wildman–Crippen MR) is 109 cm³/mol. The zero-order valence-corrected chi connectivity index (χ0v) is 17.0. The molecular weight excluding hydrogens is 376 g/mol. The molecule has 7 nitrogen and oxygen atoms in total. The Morgan fingerprint density at radius 2 is 2.00 bits per heavy atom. The standard InChI is InChI=1S/C20H22N4O3S/c1-5-24-18(16-10-11-27-13(16)3)22-23-20(24)28-14(4)19(26)21-17-9-7-6-8-15(17)12(2)25/h6-11,14H,5H2,1-4H3,(H,21,26)/t14-/m1/s1. The highest BCUT2D eigenvalue weighted by Gasteiger charge is 2.22. The number of hydrogen-bond acceptors (Lipinski definition) is 6. The van der Waals surface area contributed by atoms with Crippen molar-refractivity contribution in [2.45, 2.75) is 44.6 Å². The van der Waals surface area contributed by atoms with Crippen molar-refractivity contribution in [2.24, 2.45) is 0 Å². The fourth-order valence-corrected chi connectivity index (χ4v) is 3.74. The summed E-state index contributed by atoms with van der Waals surface area (Å²) in [6.07, 6.45) is 1.62. The van der Waals surface area contributed by atoms with E-state index in [9.17, 15) is 9.59 Å². The highest BCUT2D eigenvalue weighted by atomic mass is 32.2. The highest BCUT2D eigenvalue weighted by Crippen LogP contribution is 2.29. The number of furan rings is 1. The molecule has 0 saturated heterocycles. The van der Waals surface area contributed by atoms with Gasteiger partial charge in [-0.1, -0.05) is 23.9 Å². The molecule has 3 rings (SSSR count). The number of carbonyl (C=O) groups is 2. The first kappa shape index (κ1) is 19.9. The van der Waals surface area contributed by atoms with Crippen LogP contribution in [0.3, 0.4) is 0 Å². The Hall–Kier alpha value is -2.87. The van der Waals surface area contributed by atoms with Crippen molar-refractivity contribution in [1.82, 2.24) is 14.8 Å². The second kappa shape index (κ2) is 8.43. The average Bonchev–Trinajstić information content (AvgIpc) is 3.27. The van der Waals surface area contributed by atoms with Crippen LogP contribution in [0.25, 0.3) is 11.4 Å². The van der Waals surface area contributed by atoms with Crippen LogP contribution in [0, 0.1) is 6.92 Å². The monoisotopic (exact) mass is 398 g/mol. The molecule has 0 radical (unpaired) electrons. The maximum Gasteiger partial charge on any atom is 0.237 e. The highest BCUT2D eigenvalue weighted by molar-refractivity contribution is 8.00. The first-order chi connectivity index (χ1) is 13.4. The maximum absolute atomic E-state index is 12.7. The largest absolute Gasteiger partial charge is 0.469 e. The third-order valence-corrected chi connectivity index (χ3v) is 5.43.